The average molecular weight is 268 g/mol. The first-order chi connectivity index (χ1) is 8.63. The Morgan fingerprint density at radius 1 is 1.44 bits per heavy atom. The van der Waals surface area contributed by atoms with Crippen molar-refractivity contribution in [2.75, 3.05) is 27.0 Å². The van der Waals surface area contributed by atoms with Crippen molar-refractivity contribution >= 4 is 17.7 Å². The standard InChI is InChI=1S/C13H20N2O2S/c1-9(14-2)13-10(17-4)6-5-7-11(13)18-8-12(16)15-3/h5-7,9,14H,8H2,1-4H3,(H,15,16). The van der Waals surface area contributed by atoms with Crippen LogP contribution in [0.4, 0.5) is 0 Å². The molecule has 5 heteroatoms. The van der Waals surface area contributed by atoms with Gasteiger partial charge in [0.2, 0.25) is 5.91 Å². The summed E-state index contributed by atoms with van der Waals surface area (Å²) in [6.07, 6.45) is 0. The van der Waals surface area contributed by atoms with Gasteiger partial charge in [0, 0.05) is 23.5 Å². The van der Waals surface area contributed by atoms with Crippen LogP contribution in [0.5, 0.6) is 5.75 Å². The molecule has 4 nitrogen and oxygen atoms in total. The van der Waals surface area contributed by atoms with Gasteiger partial charge in [0.25, 0.3) is 0 Å². The average Bonchev–Trinajstić information content (AvgIpc) is 2.43. The second-order valence-electron chi connectivity index (χ2n) is 3.84. The Kier molecular flexibility index (Phi) is 6.01. The van der Waals surface area contributed by atoms with Crippen LogP contribution in [-0.4, -0.2) is 32.9 Å². The molecule has 1 unspecified atom stereocenters. The zero-order chi connectivity index (χ0) is 13.5. The Morgan fingerprint density at radius 3 is 2.72 bits per heavy atom. The predicted octanol–water partition coefficient (Wildman–Crippen LogP) is 1.81. The smallest absolute Gasteiger partial charge is 0.230 e. The minimum absolute atomic E-state index is 0.0193. The van der Waals surface area contributed by atoms with Crippen LogP contribution in [0, 0.1) is 0 Å². The van der Waals surface area contributed by atoms with E-state index < -0.39 is 0 Å². The molecular formula is C13H20N2O2S. The van der Waals surface area contributed by atoms with Crippen LogP contribution in [0.15, 0.2) is 23.1 Å². The monoisotopic (exact) mass is 268 g/mol. The van der Waals surface area contributed by atoms with Gasteiger partial charge in [0.05, 0.1) is 12.9 Å². The largest absolute Gasteiger partial charge is 0.496 e. The number of carbonyl (C=O) groups excluding carboxylic acids is 1. The van der Waals surface area contributed by atoms with Crippen LogP contribution in [0.3, 0.4) is 0 Å². The van der Waals surface area contributed by atoms with Crippen molar-refractivity contribution in [3.63, 3.8) is 0 Å². The molecule has 0 aliphatic carbocycles. The van der Waals surface area contributed by atoms with Crippen LogP contribution in [0.2, 0.25) is 0 Å². The van der Waals surface area contributed by atoms with E-state index in [2.05, 4.69) is 17.6 Å². The number of hydrogen-bond acceptors (Lipinski definition) is 4. The van der Waals surface area contributed by atoms with Crippen LogP contribution in [0.25, 0.3) is 0 Å². The van der Waals surface area contributed by atoms with Crippen molar-refractivity contribution in [2.45, 2.75) is 17.9 Å². The van der Waals surface area contributed by atoms with Gasteiger partial charge in [-0.15, -0.1) is 11.8 Å². The molecular weight excluding hydrogens is 248 g/mol. The number of nitrogens with one attached hydrogen (secondary N) is 2. The molecule has 1 aromatic carbocycles. The number of hydrogen-bond donors (Lipinski definition) is 2. The van der Waals surface area contributed by atoms with Gasteiger partial charge in [-0.2, -0.15) is 0 Å². The fraction of sp³-hybridized carbons (Fsp3) is 0.462. The summed E-state index contributed by atoms with van der Waals surface area (Å²) in [6, 6.07) is 6.07. The summed E-state index contributed by atoms with van der Waals surface area (Å²) in [5, 5.41) is 5.82. The summed E-state index contributed by atoms with van der Waals surface area (Å²) in [5.74, 6) is 1.28. The van der Waals surface area contributed by atoms with Crippen LogP contribution in [-0.2, 0) is 4.79 Å². The molecule has 0 aliphatic rings. The molecule has 0 bridgehead atoms. The van der Waals surface area contributed by atoms with Crippen molar-refractivity contribution in [1.29, 1.82) is 0 Å². The van der Waals surface area contributed by atoms with E-state index in [1.165, 1.54) is 11.8 Å². The van der Waals surface area contributed by atoms with Crippen LogP contribution < -0.4 is 15.4 Å². The number of ether oxygens (including phenoxy) is 1. The predicted molar refractivity (Wildman–Crippen MR) is 75.3 cm³/mol. The first-order valence-corrected chi connectivity index (χ1v) is 6.80. The van der Waals surface area contributed by atoms with Gasteiger partial charge >= 0.3 is 0 Å². The molecule has 0 aliphatic heterocycles. The zero-order valence-electron chi connectivity index (χ0n) is 11.2. The second kappa shape index (κ2) is 7.28. The van der Waals surface area contributed by atoms with E-state index in [-0.39, 0.29) is 11.9 Å². The lowest BCUT2D eigenvalue weighted by Crippen LogP contribution is -2.20. The first kappa shape index (κ1) is 14.9. The minimum atomic E-state index is 0.0193. The van der Waals surface area contributed by atoms with Gasteiger partial charge in [-0.3, -0.25) is 4.79 Å². The van der Waals surface area contributed by atoms with Crippen LogP contribution >= 0.6 is 11.8 Å². The van der Waals surface area contributed by atoms with E-state index in [9.17, 15) is 4.79 Å². The fourth-order valence-corrected chi connectivity index (χ4v) is 2.65. The maximum atomic E-state index is 11.3. The van der Waals surface area contributed by atoms with Gasteiger partial charge in [-0.25, -0.2) is 0 Å². The van der Waals surface area contributed by atoms with E-state index >= 15 is 0 Å². The molecule has 2 N–H and O–H groups in total. The fourth-order valence-electron chi connectivity index (χ4n) is 1.61. The highest BCUT2D eigenvalue weighted by atomic mass is 32.2. The van der Waals surface area contributed by atoms with Gasteiger partial charge in [0.15, 0.2) is 0 Å². The molecule has 18 heavy (non-hydrogen) atoms. The molecule has 0 spiro atoms. The van der Waals surface area contributed by atoms with E-state index in [1.54, 1.807) is 14.2 Å². The summed E-state index contributed by atoms with van der Waals surface area (Å²) in [4.78, 5) is 12.4. The van der Waals surface area contributed by atoms with Crippen molar-refractivity contribution in [1.82, 2.24) is 10.6 Å². The molecule has 1 amide bonds. The summed E-state index contributed by atoms with van der Waals surface area (Å²) in [6.45, 7) is 2.07. The Bertz CT molecular complexity index is 410. The number of thioether (sulfide) groups is 1. The zero-order valence-corrected chi connectivity index (χ0v) is 12.1. The molecule has 0 saturated carbocycles. The normalized spacial score (nSPS) is 12.0. The van der Waals surface area contributed by atoms with Crippen molar-refractivity contribution in [2.24, 2.45) is 0 Å². The third kappa shape index (κ3) is 3.65. The molecule has 0 aromatic heterocycles. The van der Waals surface area contributed by atoms with Gasteiger partial charge in [-0.1, -0.05) is 6.07 Å². The van der Waals surface area contributed by atoms with Crippen molar-refractivity contribution in [3.8, 4) is 5.75 Å². The maximum absolute atomic E-state index is 11.3. The van der Waals surface area contributed by atoms with Crippen molar-refractivity contribution in [3.05, 3.63) is 23.8 Å². The van der Waals surface area contributed by atoms with Gasteiger partial charge in [0.1, 0.15) is 5.75 Å². The molecule has 1 atom stereocenters. The summed E-state index contributed by atoms with van der Waals surface area (Å²) >= 11 is 1.52. The van der Waals surface area contributed by atoms with Gasteiger partial charge in [-0.05, 0) is 26.1 Å². The first-order valence-electron chi connectivity index (χ1n) is 5.81. The third-order valence-corrected chi connectivity index (χ3v) is 3.82. The molecule has 0 heterocycles. The molecule has 0 fully saturated rings. The highest BCUT2D eigenvalue weighted by Crippen LogP contribution is 2.34. The number of carbonyl (C=O) groups is 1. The Labute approximate surface area is 112 Å². The Hall–Kier alpha value is -1.20. The number of methoxy groups -OCH3 is 1. The molecule has 0 radical (unpaired) electrons. The molecule has 100 valence electrons. The van der Waals surface area contributed by atoms with E-state index in [0.29, 0.717) is 5.75 Å². The van der Waals surface area contributed by atoms with E-state index in [1.807, 2.05) is 25.2 Å². The molecule has 0 saturated heterocycles. The summed E-state index contributed by atoms with van der Waals surface area (Å²) in [5.41, 5.74) is 1.09. The molecule has 1 aromatic rings. The summed E-state index contributed by atoms with van der Waals surface area (Å²) in [7, 11) is 5.21. The lowest BCUT2D eigenvalue weighted by Gasteiger charge is -2.18. The number of rotatable bonds is 6. The second-order valence-corrected chi connectivity index (χ2v) is 4.86. The van der Waals surface area contributed by atoms with E-state index in [4.69, 9.17) is 4.74 Å². The summed E-state index contributed by atoms with van der Waals surface area (Å²) < 4.78 is 5.39. The maximum Gasteiger partial charge on any atom is 0.230 e. The third-order valence-electron chi connectivity index (χ3n) is 2.75. The number of amides is 1. The highest BCUT2D eigenvalue weighted by Gasteiger charge is 2.15. The lowest BCUT2D eigenvalue weighted by atomic mass is 10.1. The SMILES string of the molecule is CNC(=O)CSc1cccc(OC)c1C(C)NC. The quantitative estimate of drug-likeness (QED) is 0.773. The highest BCUT2D eigenvalue weighted by molar-refractivity contribution is 8.00. The minimum Gasteiger partial charge on any atom is -0.496 e. The Balaban J connectivity index is 2.98. The lowest BCUT2D eigenvalue weighted by molar-refractivity contribution is -0.118. The topological polar surface area (TPSA) is 50.4 Å². The van der Waals surface area contributed by atoms with Gasteiger partial charge < -0.3 is 15.4 Å². The van der Waals surface area contributed by atoms with E-state index in [0.717, 1.165) is 16.2 Å². The Morgan fingerprint density at radius 2 is 2.17 bits per heavy atom. The molecule has 1 rings (SSSR count). The van der Waals surface area contributed by atoms with Crippen LogP contribution in [0.1, 0.15) is 18.5 Å². The number of benzene rings is 1. The van der Waals surface area contributed by atoms with Crippen molar-refractivity contribution < 1.29 is 9.53 Å².